The van der Waals surface area contributed by atoms with Gasteiger partial charge in [-0.05, 0) is 40.4 Å². The van der Waals surface area contributed by atoms with E-state index in [1.807, 2.05) is 19.3 Å². The molecule has 0 amide bonds. The van der Waals surface area contributed by atoms with Gasteiger partial charge in [-0.25, -0.2) is 0 Å². The van der Waals surface area contributed by atoms with Gasteiger partial charge >= 0.3 is 0 Å². The lowest BCUT2D eigenvalue weighted by Crippen LogP contribution is -2.03. The first-order chi connectivity index (χ1) is 7.10. The SMILES string of the molecule is Cn1cc(Br)c2ccc(C3(O)CC3)cc21. The Labute approximate surface area is 96.6 Å². The van der Waals surface area contributed by atoms with Crippen LogP contribution in [0, 0.1) is 0 Å². The smallest absolute Gasteiger partial charge is 0.0899 e. The highest BCUT2D eigenvalue weighted by atomic mass is 79.9. The highest BCUT2D eigenvalue weighted by Gasteiger charge is 2.42. The molecule has 1 heterocycles. The molecule has 3 rings (SSSR count). The van der Waals surface area contributed by atoms with Crippen molar-refractivity contribution in [2.75, 3.05) is 0 Å². The second-order valence-corrected chi connectivity index (χ2v) is 5.21. The standard InChI is InChI=1S/C12H12BrNO/c1-14-7-10(13)9-3-2-8(6-11(9)14)12(15)4-5-12/h2-3,6-7,15H,4-5H2,1H3. The van der Waals surface area contributed by atoms with Crippen molar-refractivity contribution >= 4 is 26.8 Å². The Balaban J connectivity index is 2.25. The van der Waals surface area contributed by atoms with Crippen molar-refractivity contribution in [3.05, 3.63) is 34.4 Å². The number of hydrogen-bond donors (Lipinski definition) is 1. The zero-order valence-electron chi connectivity index (χ0n) is 8.50. The molecule has 1 aliphatic carbocycles. The maximum absolute atomic E-state index is 10.0. The van der Waals surface area contributed by atoms with Gasteiger partial charge in [0.1, 0.15) is 0 Å². The first kappa shape index (κ1) is 9.43. The number of nitrogens with zero attached hydrogens (tertiary/aromatic N) is 1. The summed E-state index contributed by atoms with van der Waals surface area (Å²) < 4.78 is 3.18. The fourth-order valence-electron chi connectivity index (χ4n) is 2.03. The van der Waals surface area contributed by atoms with Crippen LogP contribution in [0.3, 0.4) is 0 Å². The van der Waals surface area contributed by atoms with Crippen molar-refractivity contribution in [3.63, 3.8) is 0 Å². The van der Waals surface area contributed by atoms with Gasteiger partial charge in [0, 0.05) is 28.6 Å². The van der Waals surface area contributed by atoms with Gasteiger partial charge in [0.25, 0.3) is 0 Å². The Bertz CT molecular complexity index is 540. The zero-order valence-corrected chi connectivity index (χ0v) is 10.1. The third kappa shape index (κ3) is 1.34. The topological polar surface area (TPSA) is 25.2 Å². The van der Waals surface area contributed by atoms with Crippen LogP contribution >= 0.6 is 15.9 Å². The van der Waals surface area contributed by atoms with Crippen LogP contribution in [-0.4, -0.2) is 9.67 Å². The molecule has 1 aromatic heterocycles. The molecule has 1 aliphatic rings. The van der Waals surface area contributed by atoms with Crippen LogP contribution in [0.25, 0.3) is 10.9 Å². The molecule has 15 heavy (non-hydrogen) atoms. The molecule has 0 unspecified atom stereocenters. The van der Waals surface area contributed by atoms with E-state index in [1.165, 1.54) is 10.9 Å². The molecule has 0 radical (unpaired) electrons. The number of benzene rings is 1. The lowest BCUT2D eigenvalue weighted by molar-refractivity contribution is 0.151. The molecule has 2 nitrogen and oxygen atoms in total. The number of aliphatic hydroxyl groups is 1. The monoisotopic (exact) mass is 265 g/mol. The summed E-state index contributed by atoms with van der Waals surface area (Å²) in [6.45, 7) is 0. The first-order valence-corrected chi connectivity index (χ1v) is 5.87. The number of fused-ring (bicyclic) bond motifs is 1. The van der Waals surface area contributed by atoms with Crippen LogP contribution in [0.15, 0.2) is 28.9 Å². The summed E-state index contributed by atoms with van der Waals surface area (Å²) in [6, 6.07) is 6.19. The van der Waals surface area contributed by atoms with Crippen LogP contribution in [-0.2, 0) is 12.6 Å². The van der Waals surface area contributed by atoms with Gasteiger partial charge in [0.05, 0.1) is 5.60 Å². The summed E-state index contributed by atoms with van der Waals surface area (Å²) in [4.78, 5) is 0. The van der Waals surface area contributed by atoms with E-state index in [1.54, 1.807) is 0 Å². The van der Waals surface area contributed by atoms with Crippen molar-refractivity contribution in [3.8, 4) is 0 Å². The Kier molecular flexibility index (Phi) is 1.80. The summed E-state index contributed by atoms with van der Waals surface area (Å²) in [5.74, 6) is 0. The van der Waals surface area contributed by atoms with E-state index < -0.39 is 5.60 Å². The van der Waals surface area contributed by atoms with Crippen molar-refractivity contribution < 1.29 is 5.11 Å². The Morgan fingerprint density at radius 3 is 2.80 bits per heavy atom. The van der Waals surface area contributed by atoms with Gasteiger partial charge < -0.3 is 9.67 Å². The van der Waals surface area contributed by atoms with Gasteiger partial charge in [-0.3, -0.25) is 0 Å². The van der Waals surface area contributed by atoms with E-state index in [0.29, 0.717) is 0 Å². The number of halogens is 1. The number of hydrogen-bond acceptors (Lipinski definition) is 1. The molecule has 0 spiro atoms. The second kappa shape index (κ2) is 2.86. The van der Waals surface area contributed by atoms with E-state index in [-0.39, 0.29) is 0 Å². The molecule has 1 fully saturated rings. The van der Waals surface area contributed by atoms with Crippen molar-refractivity contribution in [2.45, 2.75) is 18.4 Å². The van der Waals surface area contributed by atoms with Crippen LogP contribution in [0.1, 0.15) is 18.4 Å². The number of aryl methyl sites for hydroxylation is 1. The minimum absolute atomic E-state index is 0.537. The summed E-state index contributed by atoms with van der Waals surface area (Å²) in [5.41, 5.74) is 1.67. The van der Waals surface area contributed by atoms with Crippen LogP contribution < -0.4 is 0 Å². The van der Waals surface area contributed by atoms with E-state index >= 15 is 0 Å². The third-order valence-corrected chi connectivity index (χ3v) is 3.83. The minimum atomic E-state index is -0.537. The van der Waals surface area contributed by atoms with Gasteiger partial charge in [-0.15, -0.1) is 0 Å². The normalized spacial score (nSPS) is 18.3. The van der Waals surface area contributed by atoms with E-state index in [0.717, 1.165) is 22.9 Å². The second-order valence-electron chi connectivity index (χ2n) is 4.35. The zero-order chi connectivity index (χ0) is 10.6. The minimum Gasteiger partial charge on any atom is -0.385 e. The maximum atomic E-state index is 10.0. The van der Waals surface area contributed by atoms with Crippen molar-refractivity contribution in [1.29, 1.82) is 0 Å². The fourth-order valence-corrected chi connectivity index (χ4v) is 2.67. The molecule has 3 heteroatoms. The Morgan fingerprint density at radius 1 is 1.40 bits per heavy atom. The molecule has 0 atom stereocenters. The molecular weight excluding hydrogens is 254 g/mol. The Morgan fingerprint density at radius 2 is 2.13 bits per heavy atom. The van der Waals surface area contributed by atoms with E-state index in [2.05, 4.69) is 32.6 Å². The molecule has 1 saturated carbocycles. The third-order valence-electron chi connectivity index (χ3n) is 3.20. The molecule has 0 aliphatic heterocycles. The lowest BCUT2D eigenvalue weighted by atomic mass is 10.1. The van der Waals surface area contributed by atoms with Crippen LogP contribution in [0.2, 0.25) is 0 Å². The van der Waals surface area contributed by atoms with Gasteiger partial charge in [-0.1, -0.05) is 12.1 Å². The van der Waals surface area contributed by atoms with Crippen LogP contribution in [0.5, 0.6) is 0 Å². The molecular formula is C12H12BrNO. The average molecular weight is 266 g/mol. The van der Waals surface area contributed by atoms with Gasteiger partial charge in [-0.2, -0.15) is 0 Å². The summed E-state index contributed by atoms with van der Waals surface area (Å²) in [7, 11) is 2.02. The molecule has 1 N–H and O–H groups in total. The first-order valence-electron chi connectivity index (χ1n) is 5.08. The lowest BCUT2D eigenvalue weighted by Gasteiger charge is -2.08. The van der Waals surface area contributed by atoms with E-state index in [4.69, 9.17) is 0 Å². The predicted octanol–water partition coefficient (Wildman–Crippen LogP) is 2.92. The van der Waals surface area contributed by atoms with Crippen LogP contribution in [0.4, 0.5) is 0 Å². The van der Waals surface area contributed by atoms with Gasteiger partial charge in [0.15, 0.2) is 0 Å². The molecule has 2 aromatic rings. The highest BCUT2D eigenvalue weighted by molar-refractivity contribution is 9.10. The fraction of sp³-hybridized carbons (Fsp3) is 0.333. The highest BCUT2D eigenvalue weighted by Crippen LogP contribution is 2.46. The molecule has 78 valence electrons. The summed E-state index contributed by atoms with van der Waals surface area (Å²) in [6.07, 6.45) is 3.83. The summed E-state index contributed by atoms with van der Waals surface area (Å²) >= 11 is 3.52. The molecule has 1 aromatic carbocycles. The Hall–Kier alpha value is -0.800. The average Bonchev–Trinajstić information content (AvgIpc) is 2.90. The predicted molar refractivity (Wildman–Crippen MR) is 63.7 cm³/mol. The number of rotatable bonds is 1. The van der Waals surface area contributed by atoms with E-state index in [9.17, 15) is 5.11 Å². The molecule has 0 bridgehead atoms. The quantitative estimate of drug-likeness (QED) is 0.843. The maximum Gasteiger partial charge on any atom is 0.0899 e. The molecule has 0 saturated heterocycles. The van der Waals surface area contributed by atoms with Crippen molar-refractivity contribution in [2.24, 2.45) is 7.05 Å². The van der Waals surface area contributed by atoms with Crippen molar-refractivity contribution in [1.82, 2.24) is 4.57 Å². The summed E-state index contributed by atoms with van der Waals surface area (Å²) in [5, 5.41) is 11.2. The largest absolute Gasteiger partial charge is 0.385 e. The number of aromatic nitrogens is 1. The van der Waals surface area contributed by atoms with Gasteiger partial charge in [0.2, 0.25) is 0 Å².